The van der Waals surface area contributed by atoms with Crippen molar-refractivity contribution in [1.29, 1.82) is 0 Å². The van der Waals surface area contributed by atoms with E-state index in [0.29, 0.717) is 29.7 Å². The molecule has 1 amide bonds. The van der Waals surface area contributed by atoms with Crippen molar-refractivity contribution in [3.05, 3.63) is 82.7 Å². The Kier molecular flexibility index (Phi) is 6.85. The summed E-state index contributed by atoms with van der Waals surface area (Å²) in [7, 11) is 0. The summed E-state index contributed by atoms with van der Waals surface area (Å²) in [6.07, 6.45) is 7.09. The number of amides is 1. The number of halogens is 1. The van der Waals surface area contributed by atoms with Crippen LogP contribution in [-0.4, -0.2) is 33.4 Å². The smallest absolute Gasteiger partial charge is 0.250 e. The predicted molar refractivity (Wildman–Crippen MR) is 130 cm³/mol. The number of benzene rings is 1. The third kappa shape index (κ3) is 6.08. The molecule has 4 aromatic rings. The molecule has 33 heavy (non-hydrogen) atoms. The zero-order valence-corrected chi connectivity index (χ0v) is 19.0. The van der Waals surface area contributed by atoms with Gasteiger partial charge < -0.3 is 9.40 Å². The van der Waals surface area contributed by atoms with Crippen LogP contribution in [0.4, 0.5) is 5.95 Å². The van der Waals surface area contributed by atoms with Crippen LogP contribution in [0.3, 0.4) is 0 Å². The van der Waals surface area contributed by atoms with Crippen molar-refractivity contribution in [2.75, 3.05) is 11.9 Å². The van der Waals surface area contributed by atoms with Crippen molar-refractivity contribution >= 4 is 46.4 Å². The number of carbonyl (C=O) groups excluding carboxylic acids is 1. The zero-order valence-electron chi connectivity index (χ0n) is 18.2. The molecule has 0 bridgehead atoms. The minimum atomic E-state index is -0.360. The van der Waals surface area contributed by atoms with Gasteiger partial charge in [-0.1, -0.05) is 11.6 Å². The lowest BCUT2D eigenvalue weighted by molar-refractivity contribution is -0.115. The Bertz CT molecular complexity index is 1300. The van der Waals surface area contributed by atoms with E-state index in [0.717, 1.165) is 27.9 Å². The molecule has 4 rings (SSSR count). The molecule has 0 aliphatic rings. The van der Waals surface area contributed by atoms with Crippen LogP contribution in [0.5, 0.6) is 0 Å². The van der Waals surface area contributed by atoms with Crippen LogP contribution < -0.4 is 10.6 Å². The normalized spacial score (nSPS) is 11.9. The number of furan rings is 1. The van der Waals surface area contributed by atoms with Gasteiger partial charge in [0.2, 0.25) is 11.9 Å². The number of rotatable bonds is 6. The first-order valence-corrected chi connectivity index (χ1v) is 10.8. The molecular weight excluding hydrogens is 440 g/mol. The van der Waals surface area contributed by atoms with Crippen molar-refractivity contribution in [3.8, 4) is 0 Å². The van der Waals surface area contributed by atoms with E-state index in [1.165, 1.54) is 6.08 Å². The highest BCUT2D eigenvalue weighted by atomic mass is 35.5. The number of aryl methyl sites for hydroxylation is 2. The highest BCUT2D eigenvalue weighted by molar-refractivity contribution is 6.31. The van der Waals surface area contributed by atoms with Crippen molar-refractivity contribution < 1.29 is 9.21 Å². The molecule has 0 aliphatic heterocycles. The molecule has 8 nitrogen and oxygen atoms in total. The Balaban J connectivity index is 1.50. The lowest BCUT2D eigenvalue weighted by atomic mass is 10.1. The van der Waals surface area contributed by atoms with Gasteiger partial charge in [0.1, 0.15) is 5.76 Å². The Morgan fingerprint density at radius 3 is 2.79 bits per heavy atom. The van der Waals surface area contributed by atoms with Crippen LogP contribution in [0, 0.1) is 13.8 Å². The van der Waals surface area contributed by atoms with Crippen molar-refractivity contribution in [2.24, 2.45) is 4.99 Å². The number of aromatic amines is 1. The quantitative estimate of drug-likeness (QED) is 0.219. The number of hydrogen-bond donors (Lipinski definition) is 3. The van der Waals surface area contributed by atoms with Crippen molar-refractivity contribution in [2.45, 2.75) is 20.3 Å². The lowest BCUT2D eigenvalue weighted by Crippen LogP contribution is -2.35. The van der Waals surface area contributed by atoms with Crippen LogP contribution >= 0.6 is 11.6 Å². The van der Waals surface area contributed by atoms with E-state index >= 15 is 0 Å². The fourth-order valence-electron chi connectivity index (χ4n) is 3.35. The molecule has 0 spiro atoms. The summed E-state index contributed by atoms with van der Waals surface area (Å²) in [6, 6.07) is 11.1. The third-order valence-electron chi connectivity index (χ3n) is 4.78. The molecule has 9 heteroatoms. The maximum atomic E-state index is 12.5. The number of H-pyrrole nitrogens is 1. The number of aliphatic imine (C=N–C) groups is 1. The predicted octanol–water partition coefficient (Wildman–Crippen LogP) is 4.66. The fourth-order valence-corrected chi connectivity index (χ4v) is 3.52. The second-order valence-electron chi connectivity index (χ2n) is 7.42. The summed E-state index contributed by atoms with van der Waals surface area (Å²) < 4.78 is 5.22. The average molecular weight is 463 g/mol. The molecule has 3 aromatic heterocycles. The Morgan fingerprint density at radius 2 is 2.03 bits per heavy atom. The molecule has 3 N–H and O–H groups in total. The number of carbonyl (C=O) groups is 1. The Labute approximate surface area is 195 Å². The Hall–Kier alpha value is -3.91. The topological polar surface area (TPSA) is 108 Å². The van der Waals surface area contributed by atoms with Gasteiger partial charge in [-0.3, -0.25) is 20.4 Å². The molecule has 0 fully saturated rings. The SMILES string of the molecule is Cc1cc(C)nc(NC(=NCCc2c[nH]c3ccc(Cl)cc23)NC(=O)C=Cc2ccco2)n1. The first-order chi connectivity index (χ1) is 16.0. The van der Waals surface area contributed by atoms with Gasteiger partial charge in [-0.05, 0) is 68.3 Å². The average Bonchev–Trinajstić information content (AvgIpc) is 3.41. The van der Waals surface area contributed by atoms with E-state index in [2.05, 4.69) is 30.6 Å². The molecule has 0 unspecified atom stereocenters. The van der Waals surface area contributed by atoms with Crippen molar-refractivity contribution in [3.63, 3.8) is 0 Å². The zero-order chi connectivity index (χ0) is 23.2. The third-order valence-corrected chi connectivity index (χ3v) is 5.01. The summed E-state index contributed by atoms with van der Waals surface area (Å²) in [5.41, 5.74) is 3.71. The van der Waals surface area contributed by atoms with Gasteiger partial charge >= 0.3 is 0 Å². The number of hydrogen-bond acceptors (Lipinski definition) is 5. The molecule has 0 aliphatic carbocycles. The van der Waals surface area contributed by atoms with Gasteiger partial charge in [0.05, 0.1) is 6.26 Å². The standard InChI is InChI=1S/C24H23ClN6O2/c1-15-12-16(2)29-24(28-15)31-23(30-22(32)8-6-19-4-3-11-33-19)26-10-9-17-14-27-21-7-5-18(25)13-20(17)21/h3-8,11-14,27H,9-10H2,1-2H3,(H2,26,28,29,30,31,32). The van der Waals surface area contributed by atoms with E-state index in [9.17, 15) is 4.79 Å². The maximum Gasteiger partial charge on any atom is 0.250 e. The molecule has 3 heterocycles. The molecule has 0 saturated heterocycles. The van der Waals surface area contributed by atoms with Gasteiger partial charge in [-0.15, -0.1) is 0 Å². The first kappa shape index (κ1) is 22.3. The molecule has 168 valence electrons. The number of guanidine groups is 1. The lowest BCUT2D eigenvalue weighted by Gasteiger charge is -2.10. The number of fused-ring (bicyclic) bond motifs is 1. The van der Waals surface area contributed by atoms with Crippen LogP contribution in [-0.2, 0) is 11.2 Å². The number of nitrogens with one attached hydrogen (secondary N) is 3. The van der Waals surface area contributed by atoms with E-state index in [1.54, 1.807) is 24.5 Å². The first-order valence-electron chi connectivity index (χ1n) is 10.4. The van der Waals surface area contributed by atoms with E-state index in [4.69, 9.17) is 16.0 Å². The van der Waals surface area contributed by atoms with Crippen molar-refractivity contribution in [1.82, 2.24) is 20.3 Å². The highest BCUT2D eigenvalue weighted by Crippen LogP contribution is 2.22. The van der Waals surface area contributed by atoms with E-state index in [-0.39, 0.29) is 11.9 Å². The van der Waals surface area contributed by atoms with Gasteiger partial charge in [-0.25, -0.2) is 9.97 Å². The fraction of sp³-hybridized carbons (Fsp3) is 0.167. The second kappa shape index (κ2) is 10.1. The second-order valence-corrected chi connectivity index (χ2v) is 7.86. The van der Waals surface area contributed by atoms with Gasteiger partial charge in [-0.2, -0.15) is 0 Å². The number of aromatic nitrogens is 3. The minimum Gasteiger partial charge on any atom is -0.465 e. The molecule has 0 radical (unpaired) electrons. The molecule has 0 atom stereocenters. The van der Waals surface area contributed by atoms with Crippen LogP contribution in [0.1, 0.15) is 22.7 Å². The van der Waals surface area contributed by atoms with Gasteiger partial charge in [0.25, 0.3) is 5.91 Å². The van der Waals surface area contributed by atoms with E-state index in [1.807, 2.05) is 44.3 Å². The van der Waals surface area contributed by atoms with E-state index < -0.39 is 0 Å². The van der Waals surface area contributed by atoms with Gasteiger partial charge in [0.15, 0.2) is 0 Å². The van der Waals surface area contributed by atoms with Gasteiger partial charge in [0, 0.05) is 46.1 Å². The van der Waals surface area contributed by atoms with Crippen LogP contribution in [0.2, 0.25) is 5.02 Å². The molecule has 1 aromatic carbocycles. The highest BCUT2D eigenvalue weighted by Gasteiger charge is 2.09. The van der Waals surface area contributed by atoms with Crippen LogP contribution in [0.15, 0.2) is 64.3 Å². The summed E-state index contributed by atoms with van der Waals surface area (Å²) >= 11 is 6.15. The van der Waals surface area contributed by atoms with Crippen LogP contribution in [0.25, 0.3) is 17.0 Å². The maximum absolute atomic E-state index is 12.5. The largest absolute Gasteiger partial charge is 0.465 e. The molecular formula is C24H23ClN6O2. The summed E-state index contributed by atoms with van der Waals surface area (Å²) in [6.45, 7) is 4.18. The summed E-state index contributed by atoms with van der Waals surface area (Å²) in [4.78, 5) is 29.0. The summed E-state index contributed by atoms with van der Waals surface area (Å²) in [5.74, 6) is 0.834. The Morgan fingerprint density at radius 1 is 1.21 bits per heavy atom. The number of nitrogens with zero attached hydrogens (tertiary/aromatic N) is 3. The molecule has 0 saturated carbocycles. The minimum absolute atomic E-state index is 0.256. The monoisotopic (exact) mass is 462 g/mol. The number of anilines is 1. The summed E-state index contributed by atoms with van der Waals surface area (Å²) in [5, 5.41) is 7.51.